The predicted octanol–water partition coefficient (Wildman–Crippen LogP) is 5.48. The summed E-state index contributed by atoms with van der Waals surface area (Å²) in [5.74, 6) is -0.900. The van der Waals surface area contributed by atoms with Crippen molar-refractivity contribution in [1.82, 2.24) is 0 Å². The van der Waals surface area contributed by atoms with E-state index < -0.39 is 0 Å². The molecule has 0 aromatic heterocycles. The molecule has 0 saturated carbocycles. The van der Waals surface area contributed by atoms with Crippen molar-refractivity contribution in [2.45, 2.75) is 6.42 Å². The molecule has 1 aliphatic rings. The molecule has 4 aromatic carbocycles. The minimum absolute atomic E-state index is 0.175. The first-order valence-corrected chi connectivity index (χ1v) is 10.4. The number of rotatable bonds is 4. The zero-order valence-electron chi connectivity index (χ0n) is 16.8. The maximum atomic E-state index is 13.1. The molecular formula is C26H17ClN2O3. The lowest BCUT2D eigenvalue weighted by molar-refractivity contribution is -0.115. The highest BCUT2D eigenvalue weighted by molar-refractivity contribution is 6.35. The van der Waals surface area contributed by atoms with Gasteiger partial charge in [-0.2, -0.15) is 0 Å². The molecule has 0 atom stereocenters. The lowest BCUT2D eigenvalue weighted by atomic mass is 9.94. The van der Waals surface area contributed by atoms with Crippen LogP contribution in [0.2, 0.25) is 5.02 Å². The molecule has 1 aliphatic heterocycles. The summed E-state index contributed by atoms with van der Waals surface area (Å²) >= 11 is 5.88. The number of nitrogens with zero attached hydrogens (tertiary/aromatic N) is 1. The van der Waals surface area contributed by atoms with Gasteiger partial charge in [0.25, 0.3) is 11.8 Å². The Balaban J connectivity index is 1.37. The molecule has 3 amide bonds. The van der Waals surface area contributed by atoms with E-state index in [1.165, 1.54) is 4.90 Å². The molecule has 0 unspecified atom stereocenters. The number of hydrogen-bond donors (Lipinski definition) is 1. The zero-order chi connectivity index (χ0) is 22.2. The van der Waals surface area contributed by atoms with Crippen LogP contribution in [0, 0.1) is 0 Å². The van der Waals surface area contributed by atoms with Gasteiger partial charge in [-0.25, -0.2) is 4.90 Å². The van der Waals surface area contributed by atoms with Crippen LogP contribution in [0.4, 0.5) is 11.4 Å². The van der Waals surface area contributed by atoms with Crippen molar-refractivity contribution in [3.63, 3.8) is 0 Å². The van der Waals surface area contributed by atoms with E-state index in [1.54, 1.807) is 60.7 Å². The predicted molar refractivity (Wildman–Crippen MR) is 125 cm³/mol. The third kappa shape index (κ3) is 3.53. The minimum atomic E-state index is -0.362. The second kappa shape index (κ2) is 7.94. The number of hydrogen-bond acceptors (Lipinski definition) is 3. The van der Waals surface area contributed by atoms with E-state index in [-0.39, 0.29) is 24.1 Å². The Morgan fingerprint density at radius 3 is 1.97 bits per heavy atom. The SMILES string of the molecule is O=C(Cc1ccc(Cl)cc1)Nc1ccc(N2C(=O)c3cccc4cccc(c34)C2=O)cc1. The number of halogens is 1. The molecule has 0 aliphatic carbocycles. The van der Waals surface area contributed by atoms with Crippen molar-refractivity contribution < 1.29 is 14.4 Å². The van der Waals surface area contributed by atoms with Crippen molar-refractivity contribution >= 4 is 51.5 Å². The first-order chi connectivity index (χ1) is 15.5. The third-order valence-corrected chi connectivity index (χ3v) is 5.71. The molecule has 5 rings (SSSR count). The monoisotopic (exact) mass is 440 g/mol. The van der Waals surface area contributed by atoms with Gasteiger partial charge in [0.2, 0.25) is 5.91 Å². The van der Waals surface area contributed by atoms with Crippen LogP contribution in [0.5, 0.6) is 0 Å². The fraction of sp³-hybridized carbons (Fsp3) is 0.0385. The maximum absolute atomic E-state index is 13.1. The molecule has 1 N–H and O–H groups in total. The van der Waals surface area contributed by atoms with Crippen LogP contribution in [-0.2, 0) is 11.2 Å². The Kier molecular flexibility index (Phi) is 4.96. The lowest BCUT2D eigenvalue weighted by Crippen LogP contribution is -2.40. The summed E-state index contributed by atoms with van der Waals surface area (Å²) in [5, 5.41) is 4.99. The first kappa shape index (κ1) is 20.0. The molecule has 0 radical (unpaired) electrons. The van der Waals surface area contributed by atoms with Gasteiger partial charge in [0, 0.05) is 27.2 Å². The highest BCUT2D eigenvalue weighted by atomic mass is 35.5. The van der Waals surface area contributed by atoms with Gasteiger partial charge in [-0.15, -0.1) is 0 Å². The summed E-state index contributed by atoms with van der Waals surface area (Å²) in [4.78, 5) is 39.8. The van der Waals surface area contributed by atoms with E-state index in [4.69, 9.17) is 11.6 Å². The molecule has 0 bridgehead atoms. The summed E-state index contributed by atoms with van der Waals surface area (Å²) in [6.07, 6.45) is 0.211. The molecule has 0 spiro atoms. The summed E-state index contributed by atoms with van der Waals surface area (Å²) in [5.41, 5.74) is 2.87. The van der Waals surface area contributed by atoms with E-state index in [0.29, 0.717) is 32.9 Å². The molecule has 4 aromatic rings. The smallest absolute Gasteiger partial charge is 0.265 e. The molecule has 6 heteroatoms. The minimum Gasteiger partial charge on any atom is -0.326 e. The van der Waals surface area contributed by atoms with E-state index in [2.05, 4.69) is 5.32 Å². The Labute approximate surface area is 189 Å². The molecule has 32 heavy (non-hydrogen) atoms. The Morgan fingerprint density at radius 1 is 0.781 bits per heavy atom. The van der Waals surface area contributed by atoms with Crippen molar-refractivity contribution in [1.29, 1.82) is 0 Å². The number of carbonyl (C=O) groups is 3. The normalized spacial score (nSPS) is 12.8. The van der Waals surface area contributed by atoms with E-state index >= 15 is 0 Å². The highest BCUT2D eigenvalue weighted by Gasteiger charge is 2.33. The van der Waals surface area contributed by atoms with Gasteiger partial charge in [-0.1, -0.05) is 48.0 Å². The van der Waals surface area contributed by atoms with Crippen molar-refractivity contribution in [3.05, 3.63) is 107 Å². The number of amides is 3. The van der Waals surface area contributed by atoms with E-state index in [9.17, 15) is 14.4 Å². The Morgan fingerprint density at radius 2 is 1.38 bits per heavy atom. The van der Waals surface area contributed by atoms with Crippen LogP contribution in [0.25, 0.3) is 10.8 Å². The average molecular weight is 441 g/mol. The number of benzene rings is 4. The molecule has 156 valence electrons. The van der Waals surface area contributed by atoms with E-state index in [0.717, 1.165) is 10.9 Å². The molecule has 0 fully saturated rings. The van der Waals surface area contributed by atoms with Gasteiger partial charge < -0.3 is 5.32 Å². The van der Waals surface area contributed by atoms with Gasteiger partial charge in [-0.3, -0.25) is 14.4 Å². The van der Waals surface area contributed by atoms with Crippen LogP contribution in [0.1, 0.15) is 26.3 Å². The number of imide groups is 1. The quantitative estimate of drug-likeness (QED) is 0.427. The van der Waals surface area contributed by atoms with Gasteiger partial charge in [0.15, 0.2) is 0 Å². The van der Waals surface area contributed by atoms with Gasteiger partial charge >= 0.3 is 0 Å². The van der Waals surface area contributed by atoms with Crippen molar-refractivity contribution in [3.8, 4) is 0 Å². The summed E-state index contributed by atoms with van der Waals surface area (Å²) in [6, 6.07) is 24.6. The van der Waals surface area contributed by atoms with Gasteiger partial charge in [0.05, 0.1) is 12.1 Å². The molecule has 1 heterocycles. The van der Waals surface area contributed by atoms with Crippen LogP contribution in [0.15, 0.2) is 84.9 Å². The van der Waals surface area contributed by atoms with Crippen molar-refractivity contribution in [2.24, 2.45) is 0 Å². The fourth-order valence-electron chi connectivity index (χ4n) is 3.95. The van der Waals surface area contributed by atoms with Crippen LogP contribution in [-0.4, -0.2) is 17.7 Å². The molecule has 0 saturated heterocycles. The number of carbonyl (C=O) groups excluding carboxylic acids is 3. The summed E-state index contributed by atoms with van der Waals surface area (Å²) in [7, 11) is 0. The fourth-order valence-corrected chi connectivity index (χ4v) is 4.08. The molecule has 5 nitrogen and oxygen atoms in total. The third-order valence-electron chi connectivity index (χ3n) is 5.46. The highest BCUT2D eigenvalue weighted by Crippen LogP contribution is 2.33. The first-order valence-electron chi connectivity index (χ1n) is 10.1. The van der Waals surface area contributed by atoms with Crippen LogP contribution >= 0.6 is 11.6 Å². The summed E-state index contributed by atoms with van der Waals surface area (Å²) < 4.78 is 0. The van der Waals surface area contributed by atoms with E-state index in [1.807, 2.05) is 24.3 Å². The maximum Gasteiger partial charge on any atom is 0.265 e. The van der Waals surface area contributed by atoms with Gasteiger partial charge in [0.1, 0.15) is 0 Å². The standard InChI is InChI=1S/C26H17ClN2O3/c27-18-9-7-16(8-10-18)15-23(30)28-19-11-13-20(14-12-19)29-25(31)21-5-1-3-17-4-2-6-22(24(17)21)26(29)32/h1-14H,15H2,(H,28,30). The Hall–Kier alpha value is -3.96. The van der Waals surface area contributed by atoms with Crippen LogP contribution in [0.3, 0.4) is 0 Å². The number of anilines is 2. The van der Waals surface area contributed by atoms with Gasteiger partial charge in [-0.05, 0) is 59.5 Å². The topological polar surface area (TPSA) is 66.5 Å². The zero-order valence-corrected chi connectivity index (χ0v) is 17.6. The second-order valence-corrected chi connectivity index (χ2v) is 7.99. The Bertz CT molecular complexity index is 1330. The largest absolute Gasteiger partial charge is 0.326 e. The average Bonchev–Trinajstić information content (AvgIpc) is 2.80. The van der Waals surface area contributed by atoms with Crippen LogP contribution < -0.4 is 10.2 Å². The van der Waals surface area contributed by atoms with Crippen molar-refractivity contribution in [2.75, 3.05) is 10.2 Å². The molecular weight excluding hydrogens is 424 g/mol. The number of nitrogens with one attached hydrogen (secondary N) is 1. The second-order valence-electron chi connectivity index (χ2n) is 7.55. The lowest BCUT2D eigenvalue weighted by Gasteiger charge is -2.27. The summed E-state index contributed by atoms with van der Waals surface area (Å²) in [6.45, 7) is 0.